The number of rotatable bonds is 6. The second-order valence-electron chi connectivity index (χ2n) is 4.61. The predicted octanol–water partition coefficient (Wildman–Crippen LogP) is 3.12. The molecule has 2 N–H and O–H groups in total. The Kier molecular flexibility index (Phi) is 5.46. The van der Waals surface area contributed by atoms with Gasteiger partial charge in [-0.15, -0.1) is 11.3 Å². The van der Waals surface area contributed by atoms with E-state index in [1.807, 2.05) is 18.4 Å². The molecule has 0 aliphatic rings. The molecule has 118 valence electrons. The summed E-state index contributed by atoms with van der Waals surface area (Å²) in [5.74, 6) is -0.307. The minimum Gasteiger partial charge on any atom is -0.435 e. The van der Waals surface area contributed by atoms with E-state index >= 15 is 0 Å². The first kappa shape index (κ1) is 16.4. The van der Waals surface area contributed by atoms with Gasteiger partial charge in [-0.05, 0) is 41.6 Å². The summed E-state index contributed by atoms with van der Waals surface area (Å²) >= 11 is 1.32. The molecule has 2 rings (SSSR count). The van der Waals surface area contributed by atoms with E-state index in [-0.39, 0.29) is 18.2 Å². The number of ether oxygens (including phenoxy) is 1. The number of alkyl halides is 2. The average Bonchev–Trinajstić information content (AvgIpc) is 2.90. The van der Waals surface area contributed by atoms with Gasteiger partial charge in [0.15, 0.2) is 0 Å². The lowest BCUT2D eigenvalue weighted by atomic mass is 10.1. The summed E-state index contributed by atoms with van der Waals surface area (Å²) in [5, 5.41) is 14.5. The molecular weight excluding hydrogens is 312 g/mol. The number of aryl methyl sites for hydroxylation is 1. The molecular formula is C15H15F2NO3S. The largest absolute Gasteiger partial charge is 0.435 e. The number of nitrogens with one attached hydrogen (secondary N) is 1. The molecule has 0 radical (unpaired) electrons. The minimum absolute atomic E-state index is 0.0195. The van der Waals surface area contributed by atoms with Crippen molar-refractivity contribution in [3.05, 3.63) is 51.7 Å². The number of carbonyl (C=O) groups excluding carboxylic acids is 1. The third kappa shape index (κ3) is 4.25. The molecule has 1 aromatic carbocycles. The van der Waals surface area contributed by atoms with Crippen LogP contribution >= 0.6 is 11.3 Å². The first-order valence-electron chi connectivity index (χ1n) is 6.52. The summed E-state index contributed by atoms with van der Waals surface area (Å²) in [6.07, 6.45) is -1.01. The van der Waals surface area contributed by atoms with Crippen molar-refractivity contribution in [3.63, 3.8) is 0 Å². The standard InChI is InChI=1S/C15H15F2NO3S/c1-9-5-6-22-13(9)14(20)18-8-12(19)10-3-2-4-11(7-10)21-15(16)17/h2-7,12,15,19H,8H2,1H3,(H,18,20). The fourth-order valence-corrected chi connectivity index (χ4v) is 2.73. The van der Waals surface area contributed by atoms with Crippen LogP contribution in [0.5, 0.6) is 5.75 Å². The normalized spacial score (nSPS) is 12.2. The number of aliphatic hydroxyl groups is 1. The number of amides is 1. The van der Waals surface area contributed by atoms with Gasteiger partial charge >= 0.3 is 6.61 Å². The summed E-state index contributed by atoms with van der Waals surface area (Å²) in [7, 11) is 0. The Labute approximate surface area is 130 Å². The highest BCUT2D eigenvalue weighted by atomic mass is 32.1. The van der Waals surface area contributed by atoms with Crippen molar-refractivity contribution in [2.24, 2.45) is 0 Å². The fourth-order valence-electron chi connectivity index (χ4n) is 1.89. The third-order valence-electron chi connectivity index (χ3n) is 2.99. The maximum Gasteiger partial charge on any atom is 0.387 e. The molecule has 1 amide bonds. The monoisotopic (exact) mass is 327 g/mol. The van der Waals surface area contributed by atoms with E-state index in [1.54, 1.807) is 6.07 Å². The number of hydrogen-bond acceptors (Lipinski definition) is 4. The van der Waals surface area contributed by atoms with Gasteiger partial charge < -0.3 is 15.2 Å². The van der Waals surface area contributed by atoms with Gasteiger partial charge in [0, 0.05) is 6.54 Å². The van der Waals surface area contributed by atoms with Crippen LogP contribution in [0.3, 0.4) is 0 Å². The van der Waals surface area contributed by atoms with Gasteiger partial charge in [-0.3, -0.25) is 4.79 Å². The van der Waals surface area contributed by atoms with E-state index in [9.17, 15) is 18.7 Å². The zero-order valence-corrected chi connectivity index (χ0v) is 12.6. The summed E-state index contributed by atoms with van der Waals surface area (Å²) < 4.78 is 28.6. The van der Waals surface area contributed by atoms with E-state index in [4.69, 9.17) is 0 Å². The molecule has 2 aromatic rings. The molecule has 1 heterocycles. The van der Waals surface area contributed by atoms with E-state index in [2.05, 4.69) is 10.1 Å². The number of benzene rings is 1. The molecule has 7 heteroatoms. The quantitative estimate of drug-likeness (QED) is 0.857. The molecule has 0 aliphatic heterocycles. The first-order valence-corrected chi connectivity index (χ1v) is 7.40. The van der Waals surface area contributed by atoms with E-state index in [0.29, 0.717) is 10.4 Å². The zero-order chi connectivity index (χ0) is 16.1. The van der Waals surface area contributed by atoms with Crippen LogP contribution in [0.1, 0.15) is 26.9 Å². The van der Waals surface area contributed by atoms with E-state index in [0.717, 1.165) is 5.56 Å². The second kappa shape index (κ2) is 7.33. The van der Waals surface area contributed by atoms with Crippen molar-refractivity contribution in [3.8, 4) is 5.75 Å². The molecule has 1 aromatic heterocycles. The predicted molar refractivity (Wildman–Crippen MR) is 79.4 cm³/mol. The van der Waals surface area contributed by atoms with Crippen molar-refractivity contribution in [2.75, 3.05) is 6.54 Å². The SMILES string of the molecule is Cc1ccsc1C(=O)NCC(O)c1cccc(OC(F)F)c1. The Balaban J connectivity index is 1.96. The van der Waals surface area contributed by atoms with Gasteiger partial charge in [-0.2, -0.15) is 8.78 Å². The van der Waals surface area contributed by atoms with Gasteiger partial charge in [0.2, 0.25) is 0 Å². The van der Waals surface area contributed by atoms with Crippen molar-refractivity contribution in [1.82, 2.24) is 5.32 Å². The first-order chi connectivity index (χ1) is 10.5. The van der Waals surface area contributed by atoms with Crippen molar-refractivity contribution in [1.29, 1.82) is 0 Å². The molecule has 0 fully saturated rings. The highest BCUT2D eigenvalue weighted by Crippen LogP contribution is 2.21. The topological polar surface area (TPSA) is 58.6 Å². The lowest BCUT2D eigenvalue weighted by molar-refractivity contribution is -0.0499. The van der Waals surface area contributed by atoms with Crippen molar-refractivity contribution in [2.45, 2.75) is 19.6 Å². The Morgan fingerprint density at radius 3 is 2.82 bits per heavy atom. The maximum absolute atomic E-state index is 12.2. The van der Waals surface area contributed by atoms with Crippen molar-refractivity contribution >= 4 is 17.2 Å². The number of thiophene rings is 1. The molecule has 1 atom stereocenters. The zero-order valence-electron chi connectivity index (χ0n) is 11.8. The maximum atomic E-state index is 12.2. The number of halogens is 2. The van der Waals surface area contributed by atoms with Crippen LogP contribution in [0.2, 0.25) is 0 Å². The average molecular weight is 327 g/mol. The van der Waals surface area contributed by atoms with Crippen LogP contribution in [0, 0.1) is 6.92 Å². The molecule has 0 aliphatic carbocycles. The Morgan fingerprint density at radius 2 is 2.18 bits per heavy atom. The highest BCUT2D eigenvalue weighted by Gasteiger charge is 2.14. The van der Waals surface area contributed by atoms with E-state index in [1.165, 1.54) is 29.5 Å². The summed E-state index contributed by atoms with van der Waals surface area (Å²) in [6, 6.07) is 7.60. The summed E-state index contributed by atoms with van der Waals surface area (Å²) in [5.41, 5.74) is 1.26. The second-order valence-corrected chi connectivity index (χ2v) is 5.53. The molecule has 1 unspecified atom stereocenters. The number of hydrogen-bond donors (Lipinski definition) is 2. The van der Waals surface area contributed by atoms with Gasteiger partial charge in [0.25, 0.3) is 5.91 Å². The molecule has 4 nitrogen and oxygen atoms in total. The Hall–Kier alpha value is -1.99. The van der Waals surface area contributed by atoms with Gasteiger partial charge in [-0.1, -0.05) is 12.1 Å². The fraction of sp³-hybridized carbons (Fsp3) is 0.267. The molecule has 0 saturated carbocycles. The molecule has 0 spiro atoms. The van der Waals surface area contributed by atoms with Gasteiger partial charge in [-0.25, -0.2) is 0 Å². The highest BCUT2D eigenvalue weighted by molar-refractivity contribution is 7.12. The third-order valence-corrected chi connectivity index (χ3v) is 4.01. The van der Waals surface area contributed by atoms with Crippen LogP contribution < -0.4 is 10.1 Å². The van der Waals surface area contributed by atoms with Crippen LogP contribution in [0.4, 0.5) is 8.78 Å². The lowest BCUT2D eigenvalue weighted by Gasteiger charge is -2.13. The summed E-state index contributed by atoms with van der Waals surface area (Å²) in [6.45, 7) is -1.12. The number of aliphatic hydroxyl groups excluding tert-OH is 1. The van der Waals surface area contributed by atoms with Crippen LogP contribution in [0.15, 0.2) is 35.7 Å². The minimum atomic E-state index is -2.92. The van der Waals surface area contributed by atoms with Gasteiger partial charge in [0.1, 0.15) is 5.75 Å². The molecule has 0 saturated heterocycles. The smallest absolute Gasteiger partial charge is 0.387 e. The van der Waals surface area contributed by atoms with Crippen LogP contribution in [0.25, 0.3) is 0 Å². The molecule has 22 heavy (non-hydrogen) atoms. The Morgan fingerprint density at radius 1 is 1.41 bits per heavy atom. The Bertz CT molecular complexity index is 645. The van der Waals surface area contributed by atoms with E-state index < -0.39 is 12.7 Å². The van der Waals surface area contributed by atoms with Crippen molar-refractivity contribution < 1.29 is 23.4 Å². The molecule has 0 bridgehead atoms. The number of carbonyl (C=O) groups is 1. The van der Waals surface area contributed by atoms with Crippen LogP contribution in [-0.4, -0.2) is 24.2 Å². The lowest BCUT2D eigenvalue weighted by Crippen LogP contribution is -2.28. The van der Waals surface area contributed by atoms with Crippen LogP contribution in [-0.2, 0) is 0 Å². The summed E-state index contributed by atoms with van der Waals surface area (Å²) in [4.78, 5) is 12.5. The van der Waals surface area contributed by atoms with Gasteiger partial charge in [0.05, 0.1) is 11.0 Å².